The Bertz CT molecular complexity index is 1040. The number of aliphatic hydroxyl groups is 1. The fourth-order valence-corrected chi connectivity index (χ4v) is 3.93. The Kier molecular flexibility index (Phi) is 6.68. The Morgan fingerprint density at radius 1 is 1.06 bits per heavy atom. The summed E-state index contributed by atoms with van der Waals surface area (Å²) in [5.74, 6) is -0.567. The number of para-hydroxylation sites is 1. The van der Waals surface area contributed by atoms with Gasteiger partial charge in [-0.25, -0.2) is 0 Å². The van der Waals surface area contributed by atoms with Crippen LogP contribution in [0.3, 0.4) is 0 Å². The van der Waals surface area contributed by atoms with Crippen LogP contribution in [0.1, 0.15) is 48.1 Å². The van der Waals surface area contributed by atoms with Crippen LogP contribution in [0.15, 0.2) is 42.0 Å². The van der Waals surface area contributed by atoms with Crippen molar-refractivity contribution in [3.05, 3.63) is 64.2 Å². The second-order valence-electron chi connectivity index (χ2n) is 7.73. The van der Waals surface area contributed by atoms with Gasteiger partial charge in [-0.3, -0.25) is 9.59 Å². The zero-order chi connectivity index (χ0) is 22.7. The first-order chi connectivity index (χ1) is 14.8. The molecule has 2 aromatic carbocycles. The van der Waals surface area contributed by atoms with Crippen molar-refractivity contribution in [1.29, 1.82) is 0 Å². The van der Waals surface area contributed by atoms with E-state index in [1.807, 2.05) is 32.9 Å². The van der Waals surface area contributed by atoms with Crippen LogP contribution < -0.4 is 9.47 Å². The van der Waals surface area contributed by atoms with E-state index in [4.69, 9.17) is 9.47 Å². The van der Waals surface area contributed by atoms with E-state index in [1.54, 1.807) is 24.3 Å². The first-order valence-electron chi connectivity index (χ1n) is 10.4. The van der Waals surface area contributed by atoms with Crippen LogP contribution >= 0.6 is 0 Å². The Morgan fingerprint density at radius 3 is 2.42 bits per heavy atom. The van der Waals surface area contributed by atoms with E-state index in [1.165, 1.54) is 19.1 Å². The molecule has 1 amide bonds. The van der Waals surface area contributed by atoms with Gasteiger partial charge in [0.05, 0.1) is 25.8 Å². The van der Waals surface area contributed by atoms with Crippen LogP contribution in [-0.4, -0.2) is 42.5 Å². The Hall–Kier alpha value is -3.28. The lowest BCUT2D eigenvalue weighted by Crippen LogP contribution is -2.30. The molecular formula is C25H29NO5. The van der Waals surface area contributed by atoms with Gasteiger partial charge in [-0.15, -0.1) is 0 Å². The summed E-state index contributed by atoms with van der Waals surface area (Å²) in [5.41, 5.74) is 3.23. The van der Waals surface area contributed by atoms with Gasteiger partial charge in [0.2, 0.25) is 0 Å². The Morgan fingerprint density at radius 2 is 1.81 bits per heavy atom. The average Bonchev–Trinajstić information content (AvgIpc) is 3.02. The second kappa shape index (κ2) is 9.25. The number of ether oxygens (including phenoxy) is 2. The Balaban J connectivity index is 2.27. The monoisotopic (exact) mass is 423 g/mol. The third-order valence-electron chi connectivity index (χ3n) is 5.80. The molecule has 1 unspecified atom stereocenters. The maximum Gasteiger partial charge on any atom is 0.295 e. The van der Waals surface area contributed by atoms with Gasteiger partial charge < -0.3 is 19.5 Å². The molecule has 1 heterocycles. The van der Waals surface area contributed by atoms with E-state index in [2.05, 4.69) is 0 Å². The maximum absolute atomic E-state index is 13.1. The summed E-state index contributed by atoms with van der Waals surface area (Å²) in [5, 5.41) is 11.2. The number of nitrogens with zero attached hydrogens (tertiary/aromatic N) is 1. The van der Waals surface area contributed by atoms with Crippen LogP contribution in [0.5, 0.6) is 11.5 Å². The van der Waals surface area contributed by atoms with E-state index in [9.17, 15) is 14.7 Å². The normalized spacial score (nSPS) is 17.8. The fourth-order valence-electron chi connectivity index (χ4n) is 3.93. The number of hydrogen-bond donors (Lipinski definition) is 1. The van der Waals surface area contributed by atoms with Crippen LogP contribution in [-0.2, 0) is 9.59 Å². The third-order valence-corrected chi connectivity index (χ3v) is 5.80. The number of carbonyl (C=O) groups is 2. The van der Waals surface area contributed by atoms with Crippen LogP contribution in [0.2, 0.25) is 0 Å². The van der Waals surface area contributed by atoms with Gasteiger partial charge in [0, 0.05) is 17.7 Å². The lowest BCUT2D eigenvalue weighted by molar-refractivity contribution is -0.139. The van der Waals surface area contributed by atoms with Gasteiger partial charge in [-0.2, -0.15) is 0 Å². The predicted molar refractivity (Wildman–Crippen MR) is 119 cm³/mol. The van der Waals surface area contributed by atoms with E-state index < -0.39 is 17.7 Å². The minimum atomic E-state index is -0.766. The highest BCUT2D eigenvalue weighted by Crippen LogP contribution is 2.45. The lowest BCUT2D eigenvalue weighted by atomic mass is 9.93. The highest BCUT2D eigenvalue weighted by Gasteiger charge is 2.47. The zero-order valence-electron chi connectivity index (χ0n) is 18.7. The molecule has 0 bridgehead atoms. The van der Waals surface area contributed by atoms with Gasteiger partial charge in [-0.1, -0.05) is 37.6 Å². The van der Waals surface area contributed by atoms with E-state index in [0.717, 1.165) is 24.0 Å². The SMILES string of the molecule is CCCCN1C(=O)C(=O)/C(=C(/O)c2ccc(C)c(C)c2)C1c1cccc(OC)c1OC. The number of aryl methyl sites for hydroxylation is 2. The number of benzene rings is 2. The molecule has 6 nitrogen and oxygen atoms in total. The molecule has 0 spiro atoms. The van der Waals surface area contributed by atoms with E-state index in [-0.39, 0.29) is 11.3 Å². The van der Waals surface area contributed by atoms with Gasteiger partial charge in [0.15, 0.2) is 11.5 Å². The average molecular weight is 424 g/mol. The van der Waals surface area contributed by atoms with Crippen LogP contribution in [0.25, 0.3) is 5.76 Å². The summed E-state index contributed by atoms with van der Waals surface area (Å²) in [7, 11) is 3.05. The number of methoxy groups -OCH3 is 2. The van der Waals surface area contributed by atoms with Crippen molar-refractivity contribution in [2.75, 3.05) is 20.8 Å². The van der Waals surface area contributed by atoms with Crippen molar-refractivity contribution in [2.45, 2.75) is 39.7 Å². The first-order valence-corrected chi connectivity index (χ1v) is 10.4. The molecule has 1 atom stereocenters. The molecule has 1 fully saturated rings. The van der Waals surface area contributed by atoms with Crippen LogP contribution in [0, 0.1) is 13.8 Å². The number of Topliss-reactive ketones (excluding diaryl/α,β-unsaturated/α-hetero) is 1. The molecule has 0 aromatic heterocycles. The number of rotatable bonds is 7. The second-order valence-corrected chi connectivity index (χ2v) is 7.73. The molecule has 3 rings (SSSR count). The summed E-state index contributed by atoms with van der Waals surface area (Å²) in [4.78, 5) is 27.6. The van der Waals surface area contributed by atoms with Crippen molar-refractivity contribution in [2.24, 2.45) is 0 Å². The standard InChI is InChI=1S/C25H29NO5/c1-6-7-13-26-21(18-9-8-10-19(30-4)24(18)31-5)20(23(28)25(26)29)22(27)17-12-11-15(2)16(3)14-17/h8-12,14,21,27H,6-7,13H2,1-5H3/b22-20+. The smallest absolute Gasteiger partial charge is 0.295 e. The molecule has 164 valence electrons. The first kappa shape index (κ1) is 22.4. The number of ketones is 1. The lowest BCUT2D eigenvalue weighted by Gasteiger charge is -2.27. The topological polar surface area (TPSA) is 76.1 Å². The molecule has 1 aliphatic heterocycles. The number of hydrogen-bond acceptors (Lipinski definition) is 5. The molecule has 0 aliphatic carbocycles. The highest BCUT2D eigenvalue weighted by atomic mass is 16.5. The van der Waals surface area contributed by atoms with Crippen LogP contribution in [0.4, 0.5) is 0 Å². The van der Waals surface area contributed by atoms with Gasteiger partial charge in [0.1, 0.15) is 5.76 Å². The molecule has 1 N–H and O–H groups in total. The van der Waals surface area contributed by atoms with Crippen molar-refractivity contribution in [3.8, 4) is 11.5 Å². The zero-order valence-corrected chi connectivity index (χ0v) is 18.7. The number of aliphatic hydroxyl groups excluding tert-OH is 1. The molecule has 0 saturated carbocycles. The molecule has 2 aromatic rings. The molecule has 0 radical (unpaired) electrons. The Labute approximate surface area is 183 Å². The number of carbonyl (C=O) groups excluding carboxylic acids is 2. The van der Waals surface area contributed by atoms with E-state index in [0.29, 0.717) is 29.2 Å². The minimum absolute atomic E-state index is 0.0657. The van der Waals surface area contributed by atoms with Crippen molar-refractivity contribution in [1.82, 2.24) is 4.90 Å². The summed E-state index contributed by atoms with van der Waals surface area (Å²) >= 11 is 0. The van der Waals surface area contributed by atoms with E-state index >= 15 is 0 Å². The highest BCUT2D eigenvalue weighted by molar-refractivity contribution is 6.46. The van der Waals surface area contributed by atoms with Gasteiger partial charge in [-0.05, 0) is 43.5 Å². The third kappa shape index (κ3) is 4.02. The summed E-state index contributed by atoms with van der Waals surface area (Å²) < 4.78 is 11.0. The minimum Gasteiger partial charge on any atom is -0.507 e. The molecule has 31 heavy (non-hydrogen) atoms. The van der Waals surface area contributed by atoms with Crippen molar-refractivity contribution in [3.63, 3.8) is 0 Å². The quantitative estimate of drug-likeness (QED) is 0.402. The fraction of sp³-hybridized carbons (Fsp3) is 0.360. The molecule has 1 saturated heterocycles. The number of likely N-dealkylation sites (tertiary alicyclic amines) is 1. The number of unbranched alkanes of at least 4 members (excludes halogenated alkanes) is 1. The van der Waals surface area contributed by atoms with Crippen molar-refractivity contribution >= 4 is 17.4 Å². The van der Waals surface area contributed by atoms with Gasteiger partial charge >= 0.3 is 0 Å². The van der Waals surface area contributed by atoms with Crippen molar-refractivity contribution < 1.29 is 24.2 Å². The largest absolute Gasteiger partial charge is 0.507 e. The summed E-state index contributed by atoms with van der Waals surface area (Å²) in [6.45, 7) is 6.33. The summed E-state index contributed by atoms with van der Waals surface area (Å²) in [6.07, 6.45) is 1.60. The predicted octanol–water partition coefficient (Wildman–Crippen LogP) is 4.54. The molecular weight excluding hydrogens is 394 g/mol. The number of amides is 1. The maximum atomic E-state index is 13.1. The molecule has 1 aliphatic rings. The van der Waals surface area contributed by atoms with Gasteiger partial charge in [0.25, 0.3) is 11.7 Å². The summed E-state index contributed by atoms with van der Waals surface area (Å²) in [6, 6.07) is 10.0. The molecule has 6 heteroatoms.